The van der Waals surface area contributed by atoms with Crippen molar-refractivity contribution in [2.45, 2.75) is 45.6 Å². The molecule has 5 nitrogen and oxygen atoms in total. The average Bonchev–Trinajstić information content (AvgIpc) is 2.97. The molecule has 1 aliphatic heterocycles. The summed E-state index contributed by atoms with van der Waals surface area (Å²) in [7, 11) is 0. The Bertz CT molecular complexity index is 724. The molecule has 1 aliphatic rings. The second kappa shape index (κ2) is 7.48. The summed E-state index contributed by atoms with van der Waals surface area (Å²) in [5, 5.41) is 0.973. The molecule has 5 heteroatoms. The van der Waals surface area contributed by atoms with E-state index < -0.39 is 5.60 Å². The number of carbonyl (C=O) groups is 1. The second-order valence-electron chi connectivity index (χ2n) is 7.64. The van der Waals surface area contributed by atoms with Gasteiger partial charge in [-0.15, -0.1) is 0 Å². The molecule has 0 bridgehead atoms. The molecule has 2 heterocycles. The van der Waals surface area contributed by atoms with Gasteiger partial charge in [-0.3, -0.25) is 9.47 Å². The highest BCUT2D eigenvalue weighted by atomic mass is 16.6. The van der Waals surface area contributed by atoms with Crippen molar-refractivity contribution >= 4 is 17.0 Å². The van der Waals surface area contributed by atoms with Gasteiger partial charge in [0.1, 0.15) is 18.0 Å². The largest absolute Gasteiger partial charge is 0.492 e. The summed E-state index contributed by atoms with van der Waals surface area (Å²) in [4.78, 5) is 14.7. The SMILES string of the molecule is CC(C)(C)OC(=O)n1ccc2cc(OCCN3CCCCC3)ccc21. The molecule has 2 aromatic rings. The summed E-state index contributed by atoms with van der Waals surface area (Å²) in [5.74, 6) is 0.839. The van der Waals surface area contributed by atoms with Crippen LogP contribution in [0.4, 0.5) is 4.79 Å². The average molecular weight is 344 g/mol. The van der Waals surface area contributed by atoms with Crippen LogP contribution in [0.2, 0.25) is 0 Å². The van der Waals surface area contributed by atoms with Crippen LogP contribution in [0.3, 0.4) is 0 Å². The Morgan fingerprint density at radius 2 is 1.88 bits per heavy atom. The van der Waals surface area contributed by atoms with Crippen molar-refractivity contribution in [1.82, 2.24) is 9.47 Å². The van der Waals surface area contributed by atoms with Gasteiger partial charge in [0.25, 0.3) is 0 Å². The van der Waals surface area contributed by atoms with Crippen molar-refractivity contribution < 1.29 is 14.3 Å². The molecule has 0 unspecified atom stereocenters. The van der Waals surface area contributed by atoms with Crippen LogP contribution in [-0.2, 0) is 4.74 Å². The molecular weight excluding hydrogens is 316 g/mol. The minimum Gasteiger partial charge on any atom is -0.492 e. The van der Waals surface area contributed by atoms with Crippen molar-refractivity contribution in [2.24, 2.45) is 0 Å². The van der Waals surface area contributed by atoms with Gasteiger partial charge in [0.2, 0.25) is 0 Å². The van der Waals surface area contributed by atoms with Crippen LogP contribution in [0.5, 0.6) is 5.75 Å². The fourth-order valence-corrected chi connectivity index (χ4v) is 3.16. The van der Waals surface area contributed by atoms with E-state index in [-0.39, 0.29) is 6.09 Å². The van der Waals surface area contributed by atoms with Crippen LogP contribution in [-0.4, -0.2) is 47.4 Å². The first-order chi connectivity index (χ1) is 11.9. The standard InChI is InChI=1S/C20H28N2O3/c1-20(2,3)25-19(23)22-12-9-16-15-17(7-8-18(16)22)24-14-13-21-10-5-4-6-11-21/h7-9,12,15H,4-6,10-11,13-14H2,1-3H3. The highest BCUT2D eigenvalue weighted by molar-refractivity contribution is 5.90. The van der Waals surface area contributed by atoms with Gasteiger partial charge in [-0.1, -0.05) is 6.42 Å². The number of piperidine rings is 1. The van der Waals surface area contributed by atoms with E-state index in [2.05, 4.69) is 4.90 Å². The lowest BCUT2D eigenvalue weighted by Gasteiger charge is -2.26. The van der Waals surface area contributed by atoms with Gasteiger partial charge in [0.05, 0.1) is 5.52 Å². The molecule has 1 aromatic heterocycles. The molecule has 0 radical (unpaired) electrons. The summed E-state index contributed by atoms with van der Waals surface area (Å²) >= 11 is 0. The van der Waals surface area contributed by atoms with Crippen molar-refractivity contribution in [3.63, 3.8) is 0 Å². The zero-order valence-electron chi connectivity index (χ0n) is 15.5. The van der Waals surface area contributed by atoms with Gasteiger partial charge in [-0.05, 0) is 71.0 Å². The molecule has 3 rings (SSSR count). The molecule has 0 N–H and O–H groups in total. The minimum absolute atomic E-state index is 0.360. The predicted molar refractivity (Wildman–Crippen MR) is 99.4 cm³/mol. The summed E-state index contributed by atoms with van der Waals surface area (Å²) in [6.45, 7) is 9.62. The first-order valence-corrected chi connectivity index (χ1v) is 9.12. The van der Waals surface area contributed by atoms with Crippen LogP contribution in [0.1, 0.15) is 40.0 Å². The first-order valence-electron chi connectivity index (χ1n) is 9.12. The number of likely N-dealkylation sites (tertiary alicyclic amines) is 1. The van der Waals surface area contributed by atoms with Gasteiger partial charge >= 0.3 is 6.09 Å². The third-order valence-electron chi connectivity index (χ3n) is 4.38. The molecule has 0 amide bonds. The smallest absolute Gasteiger partial charge is 0.418 e. The van der Waals surface area contributed by atoms with E-state index >= 15 is 0 Å². The van der Waals surface area contributed by atoms with Crippen molar-refractivity contribution in [3.8, 4) is 5.75 Å². The number of hydrogen-bond donors (Lipinski definition) is 0. The van der Waals surface area contributed by atoms with Crippen LogP contribution in [0.25, 0.3) is 10.9 Å². The van der Waals surface area contributed by atoms with Crippen molar-refractivity contribution in [2.75, 3.05) is 26.2 Å². The monoisotopic (exact) mass is 344 g/mol. The Labute approximate surface area is 149 Å². The number of fused-ring (bicyclic) bond motifs is 1. The summed E-state index contributed by atoms with van der Waals surface area (Å²) in [6, 6.07) is 7.72. The van der Waals surface area contributed by atoms with E-state index in [1.54, 1.807) is 6.20 Å². The minimum atomic E-state index is -0.509. The van der Waals surface area contributed by atoms with E-state index in [0.717, 1.165) is 23.2 Å². The van der Waals surface area contributed by atoms with Crippen LogP contribution >= 0.6 is 0 Å². The second-order valence-corrected chi connectivity index (χ2v) is 7.64. The Kier molecular flexibility index (Phi) is 5.33. The maximum Gasteiger partial charge on any atom is 0.418 e. The molecule has 1 aromatic carbocycles. The number of aromatic nitrogens is 1. The van der Waals surface area contributed by atoms with E-state index in [4.69, 9.17) is 9.47 Å². The van der Waals surface area contributed by atoms with Crippen LogP contribution < -0.4 is 4.74 Å². The molecule has 0 saturated carbocycles. The number of benzene rings is 1. The highest BCUT2D eigenvalue weighted by Crippen LogP contribution is 2.23. The molecule has 1 saturated heterocycles. The third kappa shape index (κ3) is 4.75. The van der Waals surface area contributed by atoms with Crippen molar-refractivity contribution in [1.29, 1.82) is 0 Å². The Hall–Kier alpha value is -2.01. The van der Waals surface area contributed by atoms with Gasteiger partial charge in [0, 0.05) is 18.1 Å². The number of rotatable bonds is 4. The maximum atomic E-state index is 12.3. The van der Waals surface area contributed by atoms with E-state index in [0.29, 0.717) is 6.61 Å². The Morgan fingerprint density at radius 1 is 1.12 bits per heavy atom. The summed E-state index contributed by atoms with van der Waals surface area (Å²) < 4.78 is 12.9. The number of carbonyl (C=O) groups excluding carboxylic acids is 1. The highest BCUT2D eigenvalue weighted by Gasteiger charge is 2.19. The van der Waals surface area contributed by atoms with Crippen molar-refractivity contribution in [3.05, 3.63) is 30.5 Å². The van der Waals surface area contributed by atoms with Crippen LogP contribution in [0, 0.1) is 0 Å². The quantitative estimate of drug-likeness (QED) is 0.830. The van der Waals surface area contributed by atoms with E-state index in [1.807, 2.05) is 45.0 Å². The first kappa shape index (κ1) is 17.8. The number of nitrogens with zero attached hydrogens (tertiary/aromatic N) is 2. The molecule has 0 atom stereocenters. The fraction of sp³-hybridized carbons (Fsp3) is 0.550. The molecule has 25 heavy (non-hydrogen) atoms. The van der Waals surface area contributed by atoms with E-state index in [1.165, 1.54) is 36.9 Å². The Balaban J connectivity index is 1.62. The molecule has 136 valence electrons. The van der Waals surface area contributed by atoms with E-state index in [9.17, 15) is 4.79 Å². The number of hydrogen-bond acceptors (Lipinski definition) is 4. The lowest BCUT2D eigenvalue weighted by atomic mass is 10.1. The van der Waals surface area contributed by atoms with Gasteiger partial charge in [-0.2, -0.15) is 0 Å². The molecule has 0 aliphatic carbocycles. The van der Waals surface area contributed by atoms with Gasteiger partial charge in [-0.25, -0.2) is 4.79 Å². The zero-order valence-corrected chi connectivity index (χ0v) is 15.5. The lowest BCUT2D eigenvalue weighted by molar-refractivity contribution is 0.0544. The topological polar surface area (TPSA) is 43.7 Å². The molecule has 1 fully saturated rings. The molecular formula is C20H28N2O3. The molecule has 0 spiro atoms. The Morgan fingerprint density at radius 3 is 2.60 bits per heavy atom. The predicted octanol–water partition coefficient (Wildman–Crippen LogP) is 4.29. The summed E-state index contributed by atoms with van der Waals surface area (Å²) in [6.07, 6.45) is 5.33. The summed E-state index contributed by atoms with van der Waals surface area (Å²) in [5.41, 5.74) is 0.322. The van der Waals surface area contributed by atoms with Gasteiger partial charge < -0.3 is 9.47 Å². The van der Waals surface area contributed by atoms with Gasteiger partial charge in [0.15, 0.2) is 0 Å². The zero-order chi connectivity index (χ0) is 17.9. The van der Waals surface area contributed by atoms with Crippen LogP contribution in [0.15, 0.2) is 30.5 Å². The third-order valence-corrected chi connectivity index (χ3v) is 4.38. The fourth-order valence-electron chi connectivity index (χ4n) is 3.16. The maximum absolute atomic E-state index is 12.3. The lowest BCUT2D eigenvalue weighted by Crippen LogP contribution is -2.33. The number of ether oxygens (including phenoxy) is 2. The normalized spacial score (nSPS) is 16.1.